The first kappa shape index (κ1) is 64.9. The van der Waals surface area contributed by atoms with Crippen LogP contribution in [0, 0.1) is 0 Å². The van der Waals surface area contributed by atoms with Crippen molar-refractivity contribution in [3.8, 4) is 0 Å². The third-order valence-electron chi connectivity index (χ3n) is 13.4. The molecule has 0 rings (SSSR count). The van der Waals surface area contributed by atoms with Crippen LogP contribution in [0.25, 0.3) is 0 Å². The van der Waals surface area contributed by atoms with Crippen LogP contribution in [-0.2, 0) is 28.6 Å². The fourth-order valence-electron chi connectivity index (χ4n) is 8.89. The number of unbranched alkanes of at least 4 members (excludes halogenated alkanes) is 40. The molecule has 0 aliphatic carbocycles. The van der Waals surface area contributed by atoms with Crippen molar-refractivity contribution in [2.45, 2.75) is 335 Å². The van der Waals surface area contributed by atoms with Crippen LogP contribution in [0.15, 0.2) is 24.3 Å². The van der Waals surface area contributed by atoms with Gasteiger partial charge in [0.05, 0.1) is 0 Å². The minimum Gasteiger partial charge on any atom is -0.462 e. The van der Waals surface area contributed by atoms with Crippen molar-refractivity contribution in [1.29, 1.82) is 0 Å². The van der Waals surface area contributed by atoms with Crippen LogP contribution in [0.5, 0.6) is 0 Å². The second-order valence-electron chi connectivity index (χ2n) is 20.3. The Morgan fingerprint density at radius 3 is 0.791 bits per heavy atom. The number of esters is 3. The van der Waals surface area contributed by atoms with E-state index in [1.807, 2.05) is 0 Å². The maximum atomic E-state index is 12.9. The van der Waals surface area contributed by atoms with E-state index in [-0.39, 0.29) is 31.1 Å². The molecule has 0 unspecified atom stereocenters. The molecule has 0 aromatic heterocycles. The standard InChI is InChI=1S/C61H114O6/c1-4-7-10-13-16-19-22-24-26-28-29-30-31-33-35-37-40-43-46-49-52-55-61(64)67-58(56-65-59(62)53-50-47-44-41-38-21-18-15-12-9-6-3)57-66-60(63)54-51-48-45-42-39-36-34-32-27-25-23-20-17-14-11-8-5-2/h15,18,24,26,58H,4-14,16-17,19-23,25,27-57H2,1-3H3/b18-15-,26-24-/t58-/m1/s1. The van der Waals surface area contributed by atoms with Gasteiger partial charge in [0.15, 0.2) is 6.10 Å². The number of rotatable bonds is 55. The highest BCUT2D eigenvalue weighted by Crippen LogP contribution is 2.17. The second kappa shape index (κ2) is 56.5. The predicted octanol–water partition coefficient (Wildman–Crippen LogP) is 19.9. The molecule has 0 aromatic rings. The van der Waals surface area contributed by atoms with Gasteiger partial charge in [-0.2, -0.15) is 0 Å². The molecule has 0 aliphatic heterocycles. The lowest BCUT2D eigenvalue weighted by molar-refractivity contribution is -0.167. The van der Waals surface area contributed by atoms with E-state index < -0.39 is 6.10 Å². The quantitative estimate of drug-likeness (QED) is 0.0262. The molecule has 0 N–H and O–H groups in total. The minimum absolute atomic E-state index is 0.0694. The number of hydrogen-bond acceptors (Lipinski definition) is 6. The van der Waals surface area contributed by atoms with Crippen molar-refractivity contribution >= 4 is 17.9 Å². The summed E-state index contributed by atoms with van der Waals surface area (Å²) in [6.07, 6.45) is 66.0. The molecule has 0 spiro atoms. The predicted molar refractivity (Wildman–Crippen MR) is 289 cm³/mol. The topological polar surface area (TPSA) is 78.9 Å². The second-order valence-corrected chi connectivity index (χ2v) is 20.3. The summed E-state index contributed by atoms with van der Waals surface area (Å²) >= 11 is 0. The third-order valence-corrected chi connectivity index (χ3v) is 13.4. The Bertz CT molecular complexity index is 1080. The Labute approximate surface area is 417 Å². The average molecular weight is 944 g/mol. The largest absolute Gasteiger partial charge is 0.462 e. The van der Waals surface area contributed by atoms with E-state index in [0.717, 1.165) is 64.2 Å². The van der Waals surface area contributed by atoms with E-state index in [0.29, 0.717) is 19.3 Å². The smallest absolute Gasteiger partial charge is 0.306 e. The first-order valence-electron chi connectivity index (χ1n) is 29.8. The molecule has 67 heavy (non-hydrogen) atoms. The Hall–Kier alpha value is -2.11. The first-order chi connectivity index (χ1) is 33.0. The number of carbonyl (C=O) groups excluding carboxylic acids is 3. The van der Waals surface area contributed by atoms with E-state index in [2.05, 4.69) is 45.1 Å². The SMILES string of the molecule is CCCC/C=C\CCCCCCCC(=O)OC[C@H](COC(=O)CCCCCCCCCCCCCCCCCCC)OC(=O)CCCCCCCCCCCCC/C=C\CCCCCCCC. The van der Waals surface area contributed by atoms with Crippen molar-refractivity contribution in [2.75, 3.05) is 13.2 Å². The zero-order chi connectivity index (χ0) is 48.6. The Morgan fingerprint density at radius 1 is 0.284 bits per heavy atom. The minimum atomic E-state index is -0.771. The number of hydrogen-bond donors (Lipinski definition) is 0. The van der Waals surface area contributed by atoms with E-state index in [4.69, 9.17) is 14.2 Å². The summed E-state index contributed by atoms with van der Waals surface area (Å²) in [6.45, 7) is 6.64. The Balaban J connectivity index is 4.26. The van der Waals surface area contributed by atoms with Crippen molar-refractivity contribution in [2.24, 2.45) is 0 Å². The van der Waals surface area contributed by atoms with Gasteiger partial charge in [0.2, 0.25) is 0 Å². The first-order valence-corrected chi connectivity index (χ1v) is 29.8. The lowest BCUT2D eigenvalue weighted by Crippen LogP contribution is -2.30. The highest BCUT2D eigenvalue weighted by Gasteiger charge is 2.19. The van der Waals surface area contributed by atoms with Crippen molar-refractivity contribution in [1.82, 2.24) is 0 Å². The fourth-order valence-corrected chi connectivity index (χ4v) is 8.89. The third kappa shape index (κ3) is 54.7. The van der Waals surface area contributed by atoms with Crippen LogP contribution < -0.4 is 0 Å². The van der Waals surface area contributed by atoms with Gasteiger partial charge in [0.1, 0.15) is 13.2 Å². The maximum absolute atomic E-state index is 12.9. The van der Waals surface area contributed by atoms with Crippen LogP contribution >= 0.6 is 0 Å². The van der Waals surface area contributed by atoms with Gasteiger partial charge in [-0.3, -0.25) is 14.4 Å². The summed E-state index contributed by atoms with van der Waals surface area (Å²) in [5.41, 5.74) is 0. The van der Waals surface area contributed by atoms with Gasteiger partial charge in [-0.25, -0.2) is 0 Å². The molecule has 0 radical (unpaired) electrons. The molecule has 0 heterocycles. The van der Waals surface area contributed by atoms with Gasteiger partial charge >= 0.3 is 17.9 Å². The molecule has 0 bridgehead atoms. The molecule has 1 atom stereocenters. The molecule has 394 valence electrons. The molecule has 0 saturated heterocycles. The zero-order valence-electron chi connectivity index (χ0n) is 45.2. The number of carbonyl (C=O) groups is 3. The highest BCUT2D eigenvalue weighted by molar-refractivity contribution is 5.71. The normalized spacial score (nSPS) is 12.1. The van der Waals surface area contributed by atoms with Crippen LogP contribution in [0.4, 0.5) is 0 Å². The maximum Gasteiger partial charge on any atom is 0.306 e. The van der Waals surface area contributed by atoms with E-state index >= 15 is 0 Å². The molecule has 0 aliphatic rings. The molecular weight excluding hydrogens is 829 g/mol. The van der Waals surface area contributed by atoms with Gasteiger partial charge in [-0.15, -0.1) is 0 Å². The molecule has 6 heteroatoms. The van der Waals surface area contributed by atoms with Crippen molar-refractivity contribution < 1.29 is 28.6 Å². The molecule has 0 saturated carbocycles. The molecule has 0 fully saturated rings. The number of allylic oxidation sites excluding steroid dienone is 4. The lowest BCUT2D eigenvalue weighted by atomic mass is 10.0. The number of ether oxygens (including phenoxy) is 3. The van der Waals surface area contributed by atoms with E-state index in [1.54, 1.807) is 0 Å². The molecule has 0 amide bonds. The molecule has 0 aromatic carbocycles. The van der Waals surface area contributed by atoms with Gasteiger partial charge in [0.25, 0.3) is 0 Å². The molecular formula is C61H114O6. The van der Waals surface area contributed by atoms with E-state index in [9.17, 15) is 14.4 Å². The summed E-state index contributed by atoms with van der Waals surface area (Å²) in [4.78, 5) is 38.1. The molecule has 6 nitrogen and oxygen atoms in total. The van der Waals surface area contributed by atoms with Gasteiger partial charge in [0, 0.05) is 19.3 Å². The monoisotopic (exact) mass is 943 g/mol. The summed E-state index contributed by atoms with van der Waals surface area (Å²) in [7, 11) is 0. The van der Waals surface area contributed by atoms with Crippen LogP contribution in [-0.4, -0.2) is 37.2 Å². The van der Waals surface area contributed by atoms with Gasteiger partial charge in [-0.1, -0.05) is 270 Å². The average Bonchev–Trinajstić information content (AvgIpc) is 3.33. The fraction of sp³-hybridized carbons (Fsp3) is 0.885. The van der Waals surface area contributed by atoms with E-state index in [1.165, 1.54) is 225 Å². The van der Waals surface area contributed by atoms with Gasteiger partial charge in [-0.05, 0) is 64.2 Å². The van der Waals surface area contributed by atoms with Crippen LogP contribution in [0.1, 0.15) is 329 Å². The summed E-state index contributed by atoms with van der Waals surface area (Å²) in [5, 5.41) is 0. The van der Waals surface area contributed by atoms with Crippen molar-refractivity contribution in [3.63, 3.8) is 0 Å². The van der Waals surface area contributed by atoms with Gasteiger partial charge < -0.3 is 14.2 Å². The van der Waals surface area contributed by atoms with Crippen molar-refractivity contribution in [3.05, 3.63) is 24.3 Å². The summed E-state index contributed by atoms with van der Waals surface area (Å²) < 4.78 is 16.9. The lowest BCUT2D eigenvalue weighted by Gasteiger charge is -2.18. The Morgan fingerprint density at radius 2 is 0.507 bits per heavy atom. The Kier molecular flexibility index (Phi) is 54.7. The zero-order valence-corrected chi connectivity index (χ0v) is 45.2. The van der Waals surface area contributed by atoms with Crippen LogP contribution in [0.2, 0.25) is 0 Å². The van der Waals surface area contributed by atoms with Crippen LogP contribution in [0.3, 0.4) is 0 Å². The highest BCUT2D eigenvalue weighted by atomic mass is 16.6. The summed E-state index contributed by atoms with van der Waals surface area (Å²) in [5.74, 6) is -0.859. The summed E-state index contributed by atoms with van der Waals surface area (Å²) in [6, 6.07) is 0.